The van der Waals surface area contributed by atoms with Crippen molar-refractivity contribution >= 4 is 39.2 Å². The average Bonchev–Trinajstić information content (AvgIpc) is 3.60. The highest BCUT2D eigenvalue weighted by molar-refractivity contribution is 7.89. The molecule has 0 saturated carbocycles. The van der Waals surface area contributed by atoms with Crippen molar-refractivity contribution in [3.8, 4) is 5.75 Å². The molecule has 0 bridgehead atoms. The Balaban J connectivity index is 1.57. The number of benzene rings is 2. The fraction of sp³-hybridized carbons (Fsp3) is 0.471. The maximum atomic E-state index is 14.1. The Morgan fingerprint density at radius 1 is 1.06 bits per heavy atom. The quantitative estimate of drug-likeness (QED) is 0.178. The number of phenolic OH excluding ortho intramolecular Hbond substituents is 1. The molecule has 49 heavy (non-hydrogen) atoms. The van der Waals surface area contributed by atoms with Crippen LogP contribution in [0.4, 0.5) is 4.79 Å². The number of nitrogens with one attached hydrogen (secondary N) is 1. The largest absolute Gasteiger partial charge is 0.508 e. The van der Waals surface area contributed by atoms with Gasteiger partial charge in [0.2, 0.25) is 15.9 Å². The summed E-state index contributed by atoms with van der Waals surface area (Å²) in [4.78, 5) is 47.4. The number of urea groups is 1. The van der Waals surface area contributed by atoms with E-state index in [1.165, 1.54) is 44.8 Å². The Morgan fingerprint density at radius 3 is 2.35 bits per heavy atom. The second-order valence-corrected chi connectivity index (χ2v) is 15.7. The molecule has 3 aromatic rings. The lowest BCUT2D eigenvalue weighted by Gasteiger charge is -2.34. The van der Waals surface area contributed by atoms with Gasteiger partial charge >= 0.3 is 6.03 Å². The number of hydrogen-bond acceptors (Lipinski definition) is 10. The molecule has 0 radical (unpaired) electrons. The highest BCUT2D eigenvalue weighted by Crippen LogP contribution is 2.24. The first-order valence-corrected chi connectivity index (χ1v) is 18.4. The van der Waals surface area contributed by atoms with Crippen molar-refractivity contribution in [3.05, 3.63) is 76.2 Å². The number of aromatic hydroxyl groups is 1. The summed E-state index contributed by atoms with van der Waals surface area (Å²) in [6.45, 7) is 6.95. The van der Waals surface area contributed by atoms with Crippen molar-refractivity contribution in [2.45, 2.75) is 70.4 Å². The van der Waals surface area contributed by atoms with Crippen molar-refractivity contribution < 1.29 is 37.8 Å². The third-order valence-corrected chi connectivity index (χ3v) is 10.7. The van der Waals surface area contributed by atoms with Crippen molar-refractivity contribution in [2.24, 2.45) is 11.8 Å². The maximum absolute atomic E-state index is 14.1. The highest BCUT2D eigenvalue weighted by Gasteiger charge is 2.44. The van der Waals surface area contributed by atoms with E-state index in [-0.39, 0.29) is 49.2 Å². The SMILES string of the molecule is COCc1nc(CN2C(=O)CN([C@H](C(=O)N[C@@H](Cc3ccccc3)[C@H](O)CN(CC(C)C)S(=O)(=O)c3ccc(O)cc3)C(C)C)C2=O)cs1. The molecule has 1 saturated heterocycles. The van der Waals surface area contributed by atoms with Gasteiger partial charge in [-0.2, -0.15) is 4.31 Å². The zero-order valence-electron chi connectivity index (χ0n) is 28.4. The number of ether oxygens (including phenoxy) is 1. The number of hydrogen-bond donors (Lipinski definition) is 3. The van der Waals surface area contributed by atoms with Crippen molar-refractivity contribution in [1.82, 2.24) is 24.4 Å². The molecule has 3 atom stereocenters. The third-order valence-electron chi connectivity index (χ3n) is 8.03. The topological polar surface area (TPSA) is 170 Å². The molecule has 3 N–H and O–H groups in total. The Morgan fingerprint density at radius 2 is 1.73 bits per heavy atom. The number of amides is 4. The van der Waals surface area contributed by atoms with Crippen LogP contribution in [-0.4, -0.2) is 100 Å². The summed E-state index contributed by atoms with van der Waals surface area (Å²) in [6.07, 6.45) is -1.19. The molecule has 266 valence electrons. The maximum Gasteiger partial charge on any atom is 0.328 e. The van der Waals surface area contributed by atoms with E-state index in [0.29, 0.717) is 17.3 Å². The lowest BCUT2D eigenvalue weighted by Crippen LogP contribution is -2.57. The average molecular weight is 716 g/mol. The molecule has 2 aromatic carbocycles. The first-order valence-electron chi connectivity index (χ1n) is 16.1. The van der Waals surface area contributed by atoms with E-state index >= 15 is 0 Å². The molecule has 0 spiro atoms. The number of carbonyl (C=O) groups excluding carboxylic acids is 3. The van der Waals surface area contributed by atoms with Crippen molar-refractivity contribution in [1.29, 1.82) is 0 Å². The summed E-state index contributed by atoms with van der Waals surface area (Å²) in [5.41, 5.74) is 1.32. The number of phenols is 1. The molecule has 4 amide bonds. The number of methoxy groups -OCH3 is 1. The van der Waals surface area contributed by atoms with Gasteiger partial charge in [-0.15, -0.1) is 11.3 Å². The molecule has 15 heteroatoms. The van der Waals surface area contributed by atoms with Gasteiger partial charge in [0.05, 0.1) is 35.9 Å². The van der Waals surface area contributed by atoms with E-state index in [0.717, 1.165) is 10.5 Å². The van der Waals surface area contributed by atoms with E-state index in [4.69, 9.17) is 4.74 Å². The Labute approximate surface area is 291 Å². The minimum Gasteiger partial charge on any atom is -0.508 e. The van der Waals surface area contributed by atoms with Gasteiger partial charge in [0, 0.05) is 25.6 Å². The molecule has 1 aromatic heterocycles. The van der Waals surface area contributed by atoms with Gasteiger partial charge < -0.3 is 25.2 Å². The van der Waals surface area contributed by atoms with Gasteiger partial charge in [-0.05, 0) is 48.1 Å². The summed E-state index contributed by atoms with van der Waals surface area (Å²) >= 11 is 1.36. The minimum atomic E-state index is -4.09. The molecule has 1 aliphatic heterocycles. The lowest BCUT2D eigenvalue weighted by molar-refractivity contribution is -0.129. The van der Waals surface area contributed by atoms with Crippen LogP contribution in [0.3, 0.4) is 0 Å². The van der Waals surface area contributed by atoms with Gasteiger partial charge in [0.1, 0.15) is 23.3 Å². The van der Waals surface area contributed by atoms with Crippen LogP contribution in [-0.2, 0) is 43.9 Å². The summed E-state index contributed by atoms with van der Waals surface area (Å²) in [7, 11) is -2.54. The fourth-order valence-electron chi connectivity index (χ4n) is 5.71. The van der Waals surface area contributed by atoms with Crippen LogP contribution >= 0.6 is 11.3 Å². The Bertz CT molecular complexity index is 1680. The number of thiazole rings is 1. The Kier molecular flexibility index (Phi) is 12.9. The van der Waals surface area contributed by atoms with Gasteiger partial charge in [0.15, 0.2) is 0 Å². The number of sulfonamides is 1. The zero-order valence-corrected chi connectivity index (χ0v) is 30.0. The van der Waals surface area contributed by atoms with Crippen LogP contribution in [0.15, 0.2) is 64.9 Å². The molecule has 2 heterocycles. The van der Waals surface area contributed by atoms with E-state index in [1.54, 1.807) is 26.3 Å². The normalized spacial score (nSPS) is 15.8. The van der Waals surface area contributed by atoms with E-state index in [1.807, 2.05) is 44.2 Å². The van der Waals surface area contributed by atoms with Crippen LogP contribution in [0, 0.1) is 11.8 Å². The van der Waals surface area contributed by atoms with E-state index in [2.05, 4.69) is 10.3 Å². The predicted octanol–water partition coefficient (Wildman–Crippen LogP) is 3.22. The summed E-state index contributed by atoms with van der Waals surface area (Å²) < 4.78 is 33.7. The molecule has 4 rings (SSSR count). The summed E-state index contributed by atoms with van der Waals surface area (Å²) in [5, 5.41) is 26.7. The zero-order chi connectivity index (χ0) is 35.9. The molecular weight excluding hydrogens is 671 g/mol. The summed E-state index contributed by atoms with van der Waals surface area (Å²) in [5.74, 6) is -1.63. The summed E-state index contributed by atoms with van der Waals surface area (Å²) in [6, 6.07) is 11.7. The number of aliphatic hydroxyl groups excluding tert-OH is 1. The Hall–Kier alpha value is -3.89. The second kappa shape index (κ2) is 16.7. The highest BCUT2D eigenvalue weighted by atomic mass is 32.2. The van der Waals surface area contributed by atoms with Crippen LogP contribution < -0.4 is 5.32 Å². The molecule has 13 nitrogen and oxygen atoms in total. The number of aliphatic hydroxyl groups is 1. The fourth-order valence-corrected chi connectivity index (χ4v) is 8.09. The van der Waals surface area contributed by atoms with Crippen molar-refractivity contribution in [2.75, 3.05) is 26.7 Å². The van der Waals surface area contributed by atoms with Gasteiger partial charge in [-0.1, -0.05) is 58.0 Å². The molecule has 0 unspecified atom stereocenters. The molecular formula is C34H45N5O8S2. The monoisotopic (exact) mass is 715 g/mol. The number of aromatic nitrogens is 1. The van der Waals surface area contributed by atoms with Crippen LogP contribution in [0.2, 0.25) is 0 Å². The number of nitrogens with zero attached hydrogens (tertiary/aromatic N) is 4. The molecule has 1 aliphatic rings. The van der Waals surface area contributed by atoms with Crippen LogP contribution in [0.25, 0.3) is 0 Å². The number of imide groups is 1. The third kappa shape index (κ3) is 9.63. The molecule has 0 aliphatic carbocycles. The van der Waals surface area contributed by atoms with E-state index < -0.39 is 52.0 Å². The second-order valence-electron chi connectivity index (χ2n) is 12.8. The van der Waals surface area contributed by atoms with Crippen molar-refractivity contribution in [3.63, 3.8) is 0 Å². The molecule has 1 fully saturated rings. The lowest BCUT2D eigenvalue weighted by atomic mass is 9.97. The van der Waals surface area contributed by atoms with Crippen LogP contribution in [0.5, 0.6) is 5.75 Å². The van der Waals surface area contributed by atoms with Gasteiger partial charge in [-0.3, -0.25) is 14.5 Å². The predicted molar refractivity (Wildman–Crippen MR) is 184 cm³/mol. The van der Waals surface area contributed by atoms with Crippen LogP contribution in [0.1, 0.15) is 44.0 Å². The van der Waals surface area contributed by atoms with Gasteiger partial charge in [0.25, 0.3) is 5.91 Å². The standard InChI is InChI=1S/C34H45N5O8S2/c1-22(2)16-37(49(45,46)27-13-11-26(40)12-14-27)18-29(41)28(15-24-9-7-6-8-10-24)36-33(43)32(23(3)4)39-19-31(42)38(34(39)44)17-25-21-48-30(35-25)20-47-5/h6-14,21-23,28-29,32,40-41H,15-20H2,1-5H3,(H,36,43)/t28-,29+,32-/m0/s1. The smallest absolute Gasteiger partial charge is 0.328 e. The van der Waals surface area contributed by atoms with Gasteiger partial charge in [-0.25, -0.2) is 18.2 Å². The first-order chi connectivity index (χ1) is 23.2. The first kappa shape index (κ1) is 37.9. The number of carbonyl (C=O) groups is 3. The minimum absolute atomic E-state index is 0.0443. The van der Waals surface area contributed by atoms with E-state index in [9.17, 15) is 33.0 Å². The number of rotatable bonds is 17.